The first-order chi connectivity index (χ1) is 17.4. The van der Waals surface area contributed by atoms with Crippen LogP contribution in [0.5, 0.6) is 5.75 Å². The lowest BCUT2D eigenvalue weighted by Crippen LogP contribution is -2.38. The van der Waals surface area contributed by atoms with E-state index < -0.39 is 11.0 Å². The van der Waals surface area contributed by atoms with Crippen molar-refractivity contribution in [3.8, 4) is 5.75 Å². The fourth-order valence-electron chi connectivity index (χ4n) is 4.91. The predicted molar refractivity (Wildman–Crippen MR) is 139 cm³/mol. The minimum Gasteiger partial charge on any atom is -0.507 e. The van der Waals surface area contributed by atoms with Crippen LogP contribution in [0, 0.1) is 10.1 Å². The first-order valence-electron chi connectivity index (χ1n) is 11.3. The number of hydrogen-bond donors (Lipinski definition) is 1. The minimum atomic E-state index is -0.540. The van der Waals surface area contributed by atoms with Crippen LogP contribution in [0.1, 0.15) is 34.7 Å². The van der Waals surface area contributed by atoms with Gasteiger partial charge in [0.1, 0.15) is 5.75 Å². The van der Waals surface area contributed by atoms with Gasteiger partial charge in [-0.2, -0.15) is 0 Å². The number of nitro benzene ring substituents is 1. The molecule has 0 saturated heterocycles. The van der Waals surface area contributed by atoms with Gasteiger partial charge in [-0.25, -0.2) is 4.99 Å². The van der Waals surface area contributed by atoms with Crippen LogP contribution in [0.15, 0.2) is 82.1 Å². The second-order valence-electron chi connectivity index (χ2n) is 8.64. The van der Waals surface area contributed by atoms with Crippen molar-refractivity contribution >= 4 is 40.4 Å². The molecule has 2 heterocycles. The van der Waals surface area contributed by atoms with Gasteiger partial charge in [0.15, 0.2) is 4.80 Å². The highest BCUT2D eigenvalue weighted by molar-refractivity contribution is 7.07. The summed E-state index contributed by atoms with van der Waals surface area (Å²) in [6, 6.07) is 18.9. The molecule has 0 unspecified atom stereocenters. The van der Waals surface area contributed by atoms with Crippen LogP contribution < -0.4 is 14.9 Å². The quantitative estimate of drug-likeness (QED) is 0.319. The second kappa shape index (κ2) is 8.58. The molecule has 36 heavy (non-hydrogen) atoms. The molecule has 0 amide bonds. The fraction of sp³-hybridized carbons (Fsp3) is 0.111. The smallest absolute Gasteiger partial charge is 0.271 e. The van der Waals surface area contributed by atoms with Gasteiger partial charge in [0, 0.05) is 28.3 Å². The number of thiazole rings is 1. The summed E-state index contributed by atoms with van der Waals surface area (Å²) in [5, 5.41) is 22.1. The van der Waals surface area contributed by atoms with Crippen LogP contribution in [-0.4, -0.2) is 14.6 Å². The van der Waals surface area contributed by atoms with E-state index in [4.69, 9.17) is 16.6 Å². The van der Waals surface area contributed by atoms with Gasteiger partial charge in [-0.05, 0) is 47.8 Å². The maximum Gasteiger partial charge on any atom is 0.271 e. The number of phenolic OH excluding ortho intramolecular Hbond substituents is 1. The molecule has 0 fully saturated rings. The molecule has 6 rings (SSSR count). The molecular formula is C27H18ClN3O4S. The molecule has 4 aromatic rings. The van der Waals surface area contributed by atoms with Crippen LogP contribution in [0.25, 0.3) is 11.8 Å². The van der Waals surface area contributed by atoms with Gasteiger partial charge in [-0.3, -0.25) is 19.5 Å². The third-order valence-corrected chi connectivity index (χ3v) is 7.91. The Kier molecular flexibility index (Phi) is 5.35. The Balaban J connectivity index is 1.63. The number of fused-ring (bicyclic) bond motifs is 3. The Bertz CT molecular complexity index is 1790. The van der Waals surface area contributed by atoms with E-state index in [0.29, 0.717) is 14.4 Å². The standard InChI is InChI=1S/C27H18ClN3O4S/c28-21-8-4-3-7-19(21)25-20-11-9-15-5-1-2-6-18(15)24(20)29-27-30(25)26(33)23(36-27)14-16-13-17(31(34)35)10-12-22(16)32/h1-8,10,12-14,25,32H,9,11H2/t25-/m0/s1. The van der Waals surface area contributed by atoms with E-state index in [1.54, 1.807) is 4.57 Å². The summed E-state index contributed by atoms with van der Waals surface area (Å²) in [5.74, 6) is -0.151. The molecule has 0 saturated carbocycles. The Morgan fingerprint density at radius 1 is 1.11 bits per heavy atom. The highest BCUT2D eigenvalue weighted by Crippen LogP contribution is 2.42. The van der Waals surface area contributed by atoms with E-state index in [1.165, 1.54) is 41.2 Å². The van der Waals surface area contributed by atoms with Crippen LogP contribution in [0.3, 0.4) is 0 Å². The van der Waals surface area contributed by atoms with Gasteiger partial charge < -0.3 is 5.11 Å². The third kappa shape index (κ3) is 3.57. The number of aryl methyl sites for hydroxylation is 1. The highest BCUT2D eigenvalue weighted by atomic mass is 35.5. The van der Waals surface area contributed by atoms with Crippen LogP contribution in [-0.2, 0) is 6.42 Å². The molecule has 0 radical (unpaired) electrons. The second-order valence-corrected chi connectivity index (χ2v) is 10.1. The van der Waals surface area contributed by atoms with Gasteiger partial charge in [0.2, 0.25) is 0 Å². The van der Waals surface area contributed by atoms with Gasteiger partial charge in [0.05, 0.1) is 21.2 Å². The average molecular weight is 516 g/mol. The number of nitro groups is 1. The lowest BCUT2D eigenvalue weighted by atomic mass is 9.83. The number of non-ortho nitro benzene ring substituents is 1. The highest BCUT2D eigenvalue weighted by Gasteiger charge is 2.33. The summed E-state index contributed by atoms with van der Waals surface area (Å²) in [6.45, 7) is 0. The molecule has 7 nitrogen and oxygen atoms in total. The molecule has 1 N–H and O–H groups in total. The van der Waals surface area contributed by atoms with E-state index in [-0.39, 0.29) is 22.6 Å². The molecule has 2 aliphatic rings. The average Bonchev–Trinajstić information content (AvgIpc) is 3.19. The normalized spacial score (nSPS) is 16.7. The van der Waals surface area contributed by atoms with Crippen molar-refractivity contribution in [1.82, 2.24) is 4.57 Å². The van der Waals surface area contributed by atoms with Crippen molar-refractivity contribution in [1.29, 1.82) is 0 Å². The summed E-state index contributed by atoms with van der Waals surface area (Å²) >= 11 is 7.83. The zero-order valence-electron chi connectivity index (χ0n) is 18.7. The molecule has 0 bridgehead atoms. The number of halogens is 1. The predicted octanol–water partition coefficient (Wildman–Crippen LogP) is 4.59. The van der Waals surface area contributed by atoms with Gasteiger partial charge in [-0.1, -0.05) is 65.4 Å². The van der Waals surface area contributed by atoms with E-state index in [2.05, 4.69) is 6.07 Å². The molecule has 0 spiro atoms. The van der Waals surface area contributed by atoms with Crippen LogP contribution in [0.4, 0.5) is 5.69 Å². The summed E-state index contributed by atoms with van der Waals surface area (Å²) in [7, 11) is 0. The monoisotopic (exact) mass is 515 g/mol. The van der Waals surface area contributed by atoms with E-state index in [1.807, 2.05) is 42.5 Å². The largest absolute Gasteiger partial charge is 0.507 e. The van der Waals surface area contributed by atoms with Crippen molar-refractivity contribution in [2.75, 3.05) is 0 Å². The number of hydrogen-bond acceptors (Lipinski definition) is 6. The molecule has 1 aliphatic heterocycles. The van der Waals surface area contributed by atoms with Crippen molar-refractivity contribution in [3.63, 3.8) is 0 Å². The first-order valence-corrected chi connectivity index (χ1v) is 12.5. The van der Waals surface area contributed by atoms with E-state index in [9.17, 15) is 20.0 Å². The number of aromatic hydroxyl groups is 1. The lowest BCUT2D eigenvalue weighted by Gasteiger charge is -2.31. The maximum atomic E-state index is 13.8. The Labute approximate surface area is 213 Å². The number of benzene rings is 3. The Morgan fingerprint density at radius 2 is 1.89 bits per heavy atom. The maximum absolute atomic E-state index is 13.8. The summed E-state index contributed by atoms with van der Waals surface area (Å²) in [4.78, 5) is 29.9. The number of nitrogens with zero attached hydrogens (tertiary/aromatic N) is 3. The van der Waals surface area contributed by atoms with Gasteiger partial charge in [-0.15, -0.1) is 0 Å². The topological polar surface area (TPSA) is 97.7 Å². The van der Waals surface area contributed by atoms with Gasteiger partial charge >= 0.3 is 0 Å². The lowest BCUT2D eigenvalue weighted by molar-refractivity contribution is -0.384. The SMILES string of the molecule is O=c1c(=Cc2cc([N+](=O)[O-])ccc2O)sc2n1[C@@H](c1ccccc1Cl)C1=C(N=2)c2ccccc2CC1. The molecule has 178 valence electrons. The zero-order chi connectivity index (χ0) is 25.0. The number of rotatable bonds is 3. The van der Waals surface area contributed by atoms with Crippen molar-refractivity contribution in [2.45, 2.75) is 18.9 Å². The molecule has 1 aromatic heterocycles. The zero-order valence-corrected chi connectivity index (χ0v) is 20.3. The number of allylic oxidation sites excluding steroid dienone is 1. The van der Waals surface area contributed by atoms with E-state index in [0.717, 1.165) is 35.2 Å². The molecule has 9 heteroatoms. The summed E-state index contributed by atoms with van der Waals surface area (Å²) in [5.41, 5.74) is 4.67. The van der Waals surface area contributed by atoms with Crippen molar-refractivity contribution in [3.05, 3.63) is 129 Å². The van der Waals surface area contributed by atoms with E-state index >= 15 is 0 Å². The van der Waals surface area contributed by atoms with Crippen LogP contribution >= 0.6 is 22.9 Å². The summed E-state index contributed by atoms with van der Waals surface area (Å²) < 4.78 is 1.97. The molecule has 1 atom stereocenters. The minimum absolute atomic E-state index is 0.151. The Hall–Kier alpha value is -4.01. The molecule has 3 aromatic carbocycles. The first kappa shape index (κ1) is 22.5. The third-order valence-electron chi connectivity index (χ3n) is 6.58. The number of phenols is 1. The van der Waals surface area contributed by atoms with Crippen LogP contribution in [0.2, 0.25) is 5.02 Å². The van der Waals surface area contributed by atoms with Gasteiger partial charge in [0.25, 0.3) is 11.2 Å². The van der Waals surface area contributed by atoms with Crippen molar-refractivity contribution in [2.24, 2.45) is 4.99 Å². The molecule has 1 aliphatic carbocycles. The fourth-order valence-corrected chi connectivity index (χ4v) is 6.14. The Morgan fingerprint density at radius 3 is 2.69 bits per heavy atom. The molecular weight excluding hydrogens is 498 g/mol. The summed E-state index contributed by atoms with van der Waals surface area (Å²) in [6.07, 6.45) is 3.05. The number of aromatic nitrogens is 1. The van der Waals surface area contributed by atoms with Crippen molar-refractivity contribution < 1.29 is 10.0 Å².